The molecule has 6 heteroatoms. The predicted molar refractivity (Wildman–Crippen MR) is 99.2 cm³/mol. The van der Waals surface area contributed by atoms with Crippen LogP contribution in [0.5, 0.6) is 0 Å². The van der Waals surface area contributed by atoms with Crippen molar-refractivity contribution in [3.63, 3.8) is 0 Å². The largest absolute Gasteiger partial charge is 0.370 e. The van der Waals surface area contributed by atoms with E-state index in [2.05, 4.69) is 41.2 Å². The number of para-hydroxylation sites is 1. The summed E-state index contributed by atoms with van der Waals surface area (Å²) in [4.78, 5) is 20.8. The second-order valence-corrected chi connectivity index (χ2v) is 6.50. The zero-order chi connectivity index (χ0) is 17.4. The Morgan fingerprint density at radius 3 is 2.50 bits per heavy atom. The number of nitrogens with two attached hydrogens (primary N) is 1. The molecular weight excluding hydrogens is 302 g/mol. The van der Waals surface area contributed by atoms with Gasteiger partial charge in [-0.1, -0.05) is 32.0 Å². The van der Waals surface area contributed by atoms with Crippen LogP contribution in [0.1, 0.15) is 20.3 Å². The summed E-state index contributed by atoms with van der Waals surface area (Å²) in [6, 6.07) is 10.3. The van der Waals surface area contributed by atoms with E-state index in [0.29, 0.717) is 31.4 Å². The Labute approximate surface area is 144 Å². The SMILES string of the molecule is CC(C)CN=C(N)NCCC(=O)N1CCN(c2ccccc2)CC1. The lowest BCUT2D eigenvalue weighted by atomic mass is 10.2. The van der Waals surface area contributed by atoms with E-state index in [-0.39, 0.29) is 5.91 Å². The van der Waals surface area contributed by atoms with Gasteiger partial charge in [0.05, 0.1) is 0 Å². The number of piperazine rings is 1. The Balaban J connectivity index is 1.68. The number of rotatable bonds is 6. The molecule has 0 saturated carbocycles. The van der Waals surface area contributed by atoms with Crippen LogP contribution in [0.3, 0.4) is 0 Å². The molecule has 0 atom stereocenters. The van der Waals surface area contributed by atoms with Gasteiger partial charge in [-0.05, 0) is 18.1 Å². The van der Waals surface area contributed by atoms with Crippen LogP contribution in [0.25, 0.3) is 0 Å². The molecular formula is C18H29N5O. The summed E-state index contributed by atoms with van der Waals surface area (Å²) in [5, 5.41) is 3.01. The number of amides is 1. The molecule has 1 saturated heterocycles. The van der Waals surface area contributed by atoms with Gasteiger partial charge >= 0.3 is 0 Å². The van der Waals surface area contributed by atoms with Gasteiger partial charge in [-0.2, -0.15) is 0 Å². The Kier molecular flexibility index (Phi) is 6.90. The van der Waals surface area contributed by atoms with Crippen molar-refractivity contribution in [3.05, 3.63) is 30.3 Å². The predicted octanol–water partition coefficient (Wildman–Crippen LogP) is 1.29. The lowest BCUT2D eigenvalue weighted by Crippen LogP contribution is -2.49. The van der Waals surface area contributed by atoms with E-state index in [1.165, 1.54) is 5.69 Å². The molecule has 2 rings (SSSR count). The van der Waals surface area contributed by atoms with Crippen molar-refractivity contribution in [2.75, 3.05) is 44.2 Å². The number of hydrogen-bond donors (Lipinski definition) is 2. The van der Waals surface area contributed by atoms with E-state index >= 15 is 0 Å². The molecule has 1 heterocycles. The number of aliphatic imine (C=N–C) groups is 1. The van der Waals surface area contributed by atoms with Gasteiger partial charge in [-0.15, -0.1) is 0 Å². The standard InChI is InChI=1S/C18H29N5O/c1-15(2)14-21-18(19)20-9-8-17(24)23-12-10-22(11-13-23)16-6-4-3-5-7-16/h3-7,15H,8-14H2,1-2H3,(H3,19,20,21). The molecule has 6 nitrogen and oxygen atoms in total. The highest BCUT2D eigenvalue weighted by Crippen LogP contribution is 2.15. The van der Waals surface area contributed by atoms with E-state index in [0.717, 1.165) is 26.2 Å². The maximum absolute atomic E-state index is 12.3. The fourth-order valence-corrected chi connectivity index (χ4v) is 2.65. The number of carbonyl (C=O) groups excluding carboxylic acids is 1. The smallest absolute Gasteiger partial charge is 0.224 e. The third-order valence-corrected chi connectivity index (χ3v) is 4.03. The average molecular weight is 331 g/mol. The molecule has 132 valence electrons. The normalized spacial score (nSPS) is 15.7. The minimum absolute atomic E-state index is 0.173. The van der Waals surface area contributed by atoms with E-state index in [1.54, 1.807) is 0 Å². The summed E-state index contributed by atoms with van der Waals surface area (Å²) in [5.41, 5.74) is 7.00. The molecule has 1 aromatic carbocycles. The van der Waals surface area contributed by atoms with Crippen molar-refractivity contribution >= 4 is 17.6 Å². The van der Waals surface area contributed by atoms with Gasteiger partial charge < -0.3 is 20.9 Å². The Hall–Kier alpha value is -2.24. The molecule has 1 fully saturated rings. The third-order valence-electron chi connectivity index (χ3n) is 4.03. The van der Waals surface area contributed by atoms with Crippen LogP contribution in [0.15, 0.2) is 35.3 Å². The Bertz CT molecular complexity index is 536. The van der Waals surface area contributed by atoms with Crippen molar-refractivity contribution in [1.29, 1.82) is 0 Å². The number of guanidine groups is 1. The first-order chi connectivity index (χ1) is 11.6. The quantitative estimate of drug-likeness (QED) is 0.608. The fourth-order valence-electron chi connectivity index (χ4n) is 2.65. The van der Waals surface area contributed by atoms with Gasteiger partial charge in [-0.3, -0.25) is 9.79 Å². The maximum Gasteiger partial charge on any atom is 0.224 e. The van der Waals surface area contributed by atoms with Crippen LogP contribution >= 0.6 is 0 Å². The summed E-state index contributed by atoms with van der Waals surface area (Å²) in [6.07, 6.45) is 0.448. The molecule has 1 amide bonds. The first-order valence-corrected chi connectivity index (χ1v) is 8.68. The van der Waals surface area contributed by atoms with Crippen molar-refractivity contribution in [2.24, 2.45) is 16.6 Å². The monoisotopic (exact) mass is 331 g/mol. The summed E-state index contributed by atoms with van der Waals surface area (Å²) >= 11 is 0. The molecule has 0 radical (unpaired) electrons. The van der Waals surface area contributed by atoms with Gasteiger partial charge in [0.25, 0.3) is 0 Å². The van der Waals surface area contributed by atoms with Gasteiger partial charge in [0, 0.05) is 51.4 Å². The van der Waals surface area contributed by atoms with Crippen molar-refractivity contribution in [2.45, 2.75) is 20.3 Å². The number of carbonyl (C=O) groups is 1. The molecule has 3 N–H and O–H groups in total. The molecule has 24 heavy (non-hydrogen) atoms. The van der Waals surface area contributed by atoms with Gasteiger partial charge in [0.1, 0.15) is 0 Å². The minimum atomic E-state index is 0.173. The number of nitrogens with one attached hydrogen (secondary N) is 1. The molecule has 0 aromatic heterocycles. The number of anilines is 1. The molecule has 0 unspecified atom stereocenters. The molecule has 0 aliphatic carbocycles. The van der Waals surface area contributed by atoms with Gasteiger partial charge in [0.2, 0.25) is 5.91 Å². The van der Waals surface area contributed by atoms with E-state index in [1.807, 2.05) is 23.1 Å². The van der Waals surface area contributed by atoms with Crippen molar-refractivity contribution in [1.82, 2.24) is 10.2 Å². The third kappa shape index (κ3) is 5.76. The second-order valence-electron chi connectivity index (χ2n) is 6.50. The first-order valence-electron chi connectivity index (χ1n) is 8.68. The minimum Gasteiger partial charge on any atom is -0.370 e. The van der Waals surface area contributed by atoms with Crippen LogP contribution in [-0.4, -0.2) is 56.0 Å². The fraction of sp³-hybridized carbons (Fsp3) is 0.556. The molecule has 1 aliphatic rings. The highest BCUT2D eigenvalue weighted by atomic mass is 16.2. The molecule has 0 spiro atoms. The van der Waals surface area contributed by atoms with Crippen LogP contribution in [0.2, 0.25) is 0 Å². The maximum atomic E-state index is 12.3. The zero-order valence-corrected chi connectivity index (χ0v) is 14.7. The molecule has 1 aliphatic heterocycles. The highest BCUT2D eigenvalue weighted by Gasteiger charge is 2.20. The van der Waals surface area contributed by atoms with E-state index < -0.39 is 0 Å². The lowest BCUT2D eigenvalue weighted by Gasteiger charge is -2.36. The summed E-state index contributed by atoms with van der Waals surface area (Å²) in [6.45, 7) is 8.71. The summed E-state index contributed by atoms with van der Waals surface area (Å²) in [5.74, 6) is 1.07. The average Bonchev–Trinajstić information content (AvgIpc) is 2.61. The Morgan fingerprint density at radius 2 is 1.88 bits per heavy atom. The summed E-state index contributed by atoms with van der Waals surface area (Å²) < 4.78 is 0. The van der Waals surface area contributed by atoms with Crippen molar-refractivity contribution in [3.8, 4) is 0 Å². The number of hydrogen-bond acceptors (Lipinski definition) is 3. The first kappa shape index (κ1) is 18.1. The zero-order valence-electron chi connectivity index (χ0n) is 14.7. The topological polar surface area (TPSA) is 74.0 Å². The van der Waals surface area contributed by atoms with Crippen LogP contribution in [-0.2, 0) is 4.79 Å². The lowest BCUT2D eigenvalue weighted by molar-refractivity contribution is -0.131. The van der Waals surface area contributed by atoms with E-state index in [9.17, 15) is 4.79 Å². The summed E-state index contributed by atoms with van der Waals surface area (Å²) in [7, 11) is 0. The van der Waals surface area contributed by atoms with E-state index in [4.69, 9.17) is 5.73 Å². The molecule has 0 bridgehead atoms. The highest BCUT2D eigenvalue weighted by molar-refractivity contribution is 5.80. The second kappa shape index (κ2) is 9.15. The van der Waals surface area contributed by atoms with Crippen LogP contribution in [0, 0.1) is 5.92 Å². The number of nitrogens with zero attached hydrogens (tertiary/aromatic N) is 3. The number of benzene rings is 1. The van der Waals surface area contributed by atoms with Crippen LogP contribution in [0.4, 0.5) is 5.69 Å². The van der Waals surface area contributed by atoms with Gasteiger partial charge in [-0.25, -0.2) is 0 Å². The molecule has 1 aromatic rings. The van der Waals surface area contributed by atoms with Crippen LogP contribution < -0.4 is 16.0 Å². The van der Waals surface area contributed by atoms with Gasteiger partial charge in [0.15, 0.2) is 5.96 Å². The van der Waals surface area contributed by atoms with Crippen molar-refractivity contribution < 1.29 is 4.79 Å². The Morgan fingerprint density at radius 1 is 1.21 bits per heavy atom.